The number of thiophene rings is 1. The maximum Gasteiger partial charge on any atom is 0.130 e. The summed E-state index contributed by atoms with van der Waals surface area (Å²) < 4.78 is 5.53. The Morgan fingerprint density at radius 2 is 2.03 bits per heavy atom. The molecule has 0 aliphatic rings. The first-order valence-corrected chi connectivity index (χ1v) is 10.3. The molecule has 4 aromatic rings. The van der Waals surface area contributed by atoms with Crippen LogP contribution in [0.2, 0.25) is 0 Å². The first-order chi connectivity index (χ1) is 14.3. The molecule has 0 radical (unpaired) electrons. The molecule has 2 aromatic carbocycles. The van der Waals surface area contributed by atoms with E-state index in [1.54, 1.807) is 17.7 Å². The molecule has 0 saturated heterocycles. The van der Waals surface area contributed by atoms with Crippen LogP contribution in [0.4, 0.5) is 5.82 Å². The van der Waals surface area contributed by atoms with E-state index in [0.29, 0.717) is 13.2 Å². The standard InChI is InChI=1S/C23H20N4OS/c1-2-28-18-11-22(29-14-18)21-12-23(27-15-26-21)25-10-9-17-8-7-16-5-3-4-6-19(16)20(17)13-24/h3-8,11-12,14-15H,2,9-10H2,1H3,(H,25,26,27). The third-order valence-corrected chi connectivity index (χ3v) is 5.56. The molecule has 1 N–H and O–H groups in total. The van der Waals surface area contributed by atoms with Gasteiger partial charge in [0.25, 0.3) is 0 Å². The smallest absolute Gasteiger partial charge is 0.130 e. The molecule has 6 heteroatoms. The lowest BCUT2D eigenvalue weighted by molar-refractivity contribution is 0.342. The lowest BCUT2D eigenvalue weighted by Gasteiger charge is -2.09. The van der Waals surface area contributed by atoms with Crippen LogP contribution in [0.15, 0.2) is 60.2 Å². The third kappa shape index (κ3) is 4.20. The summed E-state index contributed by atoms with van der Waals surface area (Å²) >= 11 is 1.60. The van der Waals surface area contributed by atoms with Crippen molar-refractivity contribution in [1.82, 2.24) is 9.97 Å². The van der Waals surface area contributed by atoms with Gasteiger partial charge in [-0.25, -0.2) is 9.97 Å². The van der Waals surface area contributed by atoms with Gasteiger partial charge in [-0.2, -0.15) is 5.26 Å². The van der Waals surface area contributed by atoms with Crippen LogP contribution in [0.1, 0.15) is 18.1 Å². The van der Waals surface area contributed by atoms with Crippen molar-refractivity contribution in [3.8, 4) is 22.4 Å². The molecule has 0 saturated carbocycles. The minimum absolute atomic E-state index is 0.645. The van der Waals surface area contributed by atoms with Crippen molar-refractivity contribution in [2.75, 3.05) is 18.5 Å². The molecule has 0 spiro atoms. The highest BCUT2D eigenvalue weighted by molar-refractivity contribution is 7.13. The Hall–Kier alpha value is -3.43. The summed E-state index contributed by atoms with van der Waals surface area (Å²) in [5, 5.41) is 17.1. The molecule has 4 rings (SSSR count). The van der Waals surface area contributed by atoms with E-state index in [-0.39, 0.29) is 0 Å². The maximum absolute atomic E-state index is 9.64. The molecule has 0 atom stereocenters. The van der Waals surface area contributed by atoms with Crippen LogP contribution in [0.5, 0.6) is 5.75 Å². The van der Waals surface area contributed by atoms with Crippen molar-refractivity contribution < 1.29 is 4.74 Å². The van der Waals surface area contributed by atoms with Crippen LogP contribution in [0.3, 0.4) is 0 Å². The van der Waals surface area contributed by atoms with Gasteiger partial charge in [-0.1, -0.05) is 36.4 Å². The van der Waals surface area contributed by atoms with Gasteiger partial charge in [-0.15, -0.1) is 11.3 Å². The molecule has 2 heterocycles. The Morgan fingerprint density at radius 1 is 1.14 bits per heavy atom. The summed E-state index contributed by atoms with van der Waals surface area (Å²) in [4.78, 5) is 9.73. The Balaban J connectivity index is 1.46. The monoisotopic (exact) mass is 400 g/mol. The molecule has 2 aromatic heterocycles. The summed E-state index contributed by atoms with van der Waals surface area (Å²) in [6.45, 7) is 3.29. The summed E-state index contributed by atoms with van der Waals surface area (Å²) in [5.41, 5.74) is 2.64. The number of nitriles is 1. The second-order valence-corrected chi connectivity index (χ2v) is 7.39. The van der Waals surface area contributed by atoms with Crippen molar-refractivity contribution >= 4 is 27.9 Å². The molecule has 0 fully saturated rings. The number of nitrogens with one attached hydrogen (secondary N) is 1. The van der Waals surface area contributed by atoms with Gasteiger partial charge in [0.2, 0.25) is 0 Å². The lowest BCUT2D eigenvalue weighted by Crippen LogP contribution is -2.07. The molecule has 0 amide bonds. The third-order valence-electron chi connectivity index (χ3n) is 4.63. The van der Waals surface area contributed by atoms with Gasteiger partial charge < -0.3 is 10.1 Å². The number of aromatic nitrogens is 2. The number of hydrogen-bond donors (Lipinski definition) is 1. The van der Waals surface area contributed by atoms with Crippen LogP contribution in [-0.2, 0) is 6.42 Å². The Labute approximate surface area is 173 Å². The minimum atomic E-state index is 0.645. The zero-order valence-corrected chi connectivity index (χ0v) is 16.9. The van der Waals surface area contributed by atoms with Crippen molar-refractivity contribution in [3.05, 3.63) is 71.4 Å². The van der Waals surface area contributed by atoms with Gasteiger partial charge in [-0.3, -0.25) is 0 Å². The summed E-state index contributed by atoms with van der Waals surface area (Å²) in [5.74, 6) is 1.63. The van der Waals surface area contributed by atoms with Crippen LogP contribution < -0.4 is 10.1 Å². The number of rotatable bonds is 7. The quantitative estimate of drug-likeness (QED) is 0.457. The van der Waals surface area contributed by atoms with E-state index < -0.39 is 0 Å². The van der Waals surface area contributed by atoms with Crippen molar-refractivity contribution in [3.63, 3.8) is 0 Å². The molecule has 0 unspecified atom stereocenters. The van der Waals surface area contributed by atoms with Crippen LogP contribution in [0.25, 0.3) is 21.3 Å². The van der Waals surface area contributed by atoms with Gasteiger partial charge >= 0.3 is 0 Å². The van der Waals surface area contributed by atoms with E-state index in [9.17, 15) is 5.26 Å². The van der Waals surface area contributed by atoms with Gasteiger partial charge in [-0.05, 0) is 29.7 Å². The largest absolute Gasteiger partial charge is 0.493 e. The molecule has 144 valence electrons. The van der Waals surface area contributed by atoms with Crippen LogP contribution >= 0.6 is 11.3 Å². The van der Waals surface area contributed by atoms with E-state index in [2.05, 4.69) is 27.4 Å². The van der Waals surface area contributed by atoms with Gasteiger partial charge in [0, 0.05) is 24.1 Å². The predicted molar refractivity (Wildman–Crippen MR) is 117 cm³/mol. The van der Waals surface area contributed by atoms with Crippen molar-refractivity contribution in [2.24, 2.45) is 0 Å². The minimum Gasteiger partial charge on any atom is -0.493 e. The molecule has 0 aliphatic carbocycles. The fourth-order valence-corrected chi connectivity index (χ4v) is 4.06. The predicted octanol–water partition coefficient (Wildman–Crippen LogP) is 5.28. The highest BCUT2D eigenvalue weighted by Crippen LogP contribution is 2.30. The zero-order chi connectivity index (χ0) is 20.1. The van der Waals surface area contributed by atoms with Crippen LogP contribution in [0, 0.1) is 11.3 Å². The van der Waals surface area contributed by atoms with Gasteiger partial charge in [0.15, 0.2) is 0 Å². The molecular weight excluding hydrogens is 380 g/mol. The van der Waals surface area contributed by atoms with E-state index >= 15 is 0 Å². The second-order valence-electron chi connectivity index (χ2n) is 6.48. The second kappa shape index (κ2) is 8.72. The maximum atomic E-state index is 9.64. The number of fused-ring (bicyclic) bond motifs is 1. The average Bonchev–Trinajstić information content (AvgIpc) is 3.23. The Morgan fingerprint density at radius 3 is 2.90 bits per heavy atom. The van der Waals surface area contributed by atoms with E-state index in [1.165, 1.54) is 0 Å². The molecule has 29 heavy (non-hydrogen) atoms. The zero-order valence-electron chi connectivity index (χ0n) is 16.1. The Bertz CT molecular complexity index is 1180. The molecule has 0 bridgehead atoms. The van der Waals surface area contributed by atoms with Crippen LogP contribution in [-0.4, -0.2) is 23.1 Å². The first kappa shape index (κ1) is 18.9. The summed E-state index contributed by atoms with van der Waals surface area (Å²) in [6, 6.07) is 18.4. The number of anilines is 1. The van der Waals surface area contributed by atoms with E-state index in [1.807, 2.05) is 54.8 Å². The number of ether oxygens (including phenoxy) is 1. The van der Waals surface area contributed by atoms with E-state index in [4.69, 9.17) is 4.74 Å². The normalized spacial score (nSPS) is 10.6. The number of benzene rings is 2. The van der Waals surface area contributed by atoms with Gasteiger partial charge in [0.1, 0.15) is 24.0 Å². The number of hydrogen-bond acceptors (Lipinski definition) is 6. The van der Waals surface area contributed by atoms with Crippen molar-refractivity contribution in [2.45, 2.75) is 13.3 Å². The highest BCUT2D eigenvalue weighted by atomic mass is 32.1. The number of nitrogens with zero attached hydrogens (tertiary/aromatic N) is 3. The fourth-order valence-electron chi connectivity index (χ4n) is 3.27. The summed E-state index contributed by atoms with van der Waals surface area (Å²) in [6.07, 6.45) is 2.30. The molecule has 5 nitrogen and oxygen atoms in total. The van der Waals surface area contributed by atoms with E-state index in [0.717, 1.165) is 50.5 Å². The van der Waals surface area contributed by atoms with Gasteiger partial charge in [0.05, 0.1) is 22.7 Å². The first-order valence-electron chi connectivity index (χ1n) is 9.47. The molecular formula is C23H20N4OS. The lowest BCUT2D eigenvalue weighted by atomic mass is 9.98. The SMILES string of the molecule is CCOc1csc(-c2cc(NCCc3ccc4ccccc4c3C#N)ncn2)c1. The Kier molecular flexibility index (Phi) is 5.68. The fraction of sp³-hybridized carbons (Fsp3) is 0.174. The summed E-state index contributed by atoms with van der Waals surface area (Å²) in [7, 11) is 0. The van der Waals surface area contributed by atoms with Crippen molar-refractivity contribution in [1.29, 1.82) is 5.26 Å². The highest BCUT2D eigenvalue weighted by Gasteiger charge is 2.09. The molecule has 0 aliphatic heterocycles. The average molecular weight is 401 g/mol. The topological polar surface area (TPSA) is 70.8 Å².